The van der Waals surface area contributed by atoms with Crippen LogP contribution in [0.15, 0.2) is 72.9 Å². The lowest BCUT2D eigenvalue weighted by atomic mass is 9.88. The minimum Gasteiger partial charge on any atom is -0.493 e. The van der Waals surface area contributed by atoms with Gasteiger partial charge in [-0.3, -0.25) is 4.79 Å². The number of nitrogens with zero attached hydrogens (tertiary/aromatic N) is 1. The van der Waals surface area contributed by atoms with Gasteiger partial charge >= 0.3 is 0 Å². The van der Waals surface area contributed by atoms with Gasteiger partial charge < -0.3 is 19.4 Å². The van der Waals surface area contributed by atoms with Crippen molar-refractivity contribution in [1.82, 2.24) is 4.57 Å². The van der Waals surface area contributed by atoms with Gasteiger partial charge in [0, 0.05) is 30.5 Å². The molecule has 1 aromatic heterocycles. The van der Waals surface area contributed by atoms with Crippen molar-refractivity contribution in [3.05, 3.63) is 89.6 Å². The highest BCUT2D eigenvalue weighted by molar-refractivity contribution is 6.06. The van der Waals surface area contributed by atoms with Crippen LogP contribution in [0.5, 0.6) is 11.5 Å². The van der Waals surface area contributed by atoms with Crippen LogP contribution in [0.3, 0.4) is 0 Å². The van der Waals surface area contributed by atoms with Crippen LogP contribution in [0.1, 0.15) is 29.0 Å². The van der Waals surface area contributed by atoms with Gasteiger partial charge in [0.1, 0.15) is 0 Å². The Labute approximate surface area is 181 Å². The molecule has 1 aliphatic heterocycles. The first-order valence-electron chi connectivity index (χ1n) is 10.4. The first-order chi connectivity index (χ1) is 15.2. The van der Waals surface area contributed by atoms with E-state index in [2.05, 4.69) is 46.4 Å². The van der Waals surface area contributed by atoms with E-state index in [-0.39, 0.29) is 11.8 Å². The zero-order valence-electron chi connectivity index (χ0n) is 17.6. The fourth-order valence-corrected chi connectivity index (χ4v) is 4.53. The molecule has 31 heavy (non-hydrogen) atoms. The van der Waals surface area contributed by atoms with E-state index in [1.807, 2.05) is 36.4 Å². The molecule has 1 aliphatic rings. The molecule has 0 spiro atoms. The van der Waals surface area contributed by atoms with Crippen molar-refractivity contribution in [3.8, 4) is 11.5 Å². The van der Waals surface area contributed by atoms with Crippen LogP contribution in [0, 0.1) is 0 Å². The molecular weight excluding hydrogens is 388 g/mol. The van der Waals surface area contributed by atoms with E-state index in [4.69, 9.17) is 9.47 Å². The zero-order chi connectivity index (χ0) is 21.4. The second kappa shape index (κ2) is 7.84. The Balaban J connectivity index is 1.68. The Morgan fingerprint density at radius 3 is 2.55 bits per heavy atom. The summed E-state index contributed by atoms with van der Waals surface area (Å²) in [5.41, 5.74) is 5.40. The Kier molecular flexibility index (Phi) is 4.86. The number of aromatic nitrogens is 1. The number of hydrogen-bond acceptors (Lipinski definition) is 3. The summed E-state index contributed by atoms with van der Waals surface area (Å²) < 4.78 is 13.2. The Bertz CT molecular complexity index is 1260. The molecule has 0 aliphatic carbocycles. The summed E-state index contributed by atoms with van der Waals surface area (Å²) in [5.74, 6) is 1.27. The van der Waals surface area contributed by atoms with Gasteiger partial charge in [-0.1, -0.05) is 42.5 Å². The Morgan fingerprint density at radius 2 is 1.77 bits per heavy atom. The summed E-state index contributed by atoms with van der Waals surface area (Å²) in [6.45, 7) is 0.771. The highest BCUT2D eigenvalue weighted by atomic mass is 16.5. The number of benzene rings is 3. The summed E-state index contributed by atoms with van der Waals surface area (Å²) >= 11 is 0. The van der Waals surface area contributed by atoms with Crippen LogP contribution < -0.4 is 14.8 Å². The molecule has 0 radical (unpaired) electrons. The number of hydrogen-bond donors (Lipinski definition) is 1. The summed E-state index contributed by atoms with van der Waals surface area (Å²) in [6.07, 6.45) is 2.57. The molecule has 156 valence electrons. The predicted molar refractivity (Wildman–Crippen MR) is 122 cm³/mol. The van der Waals surface area contributed by atoms with Crippen molar-refractivity contribution in [1.29, 1.82) is 0 Å². The van der Waals surface area contributed by atoms with Gasteiger partial charge in [-0.15, -0.1) is 0 Å². The molecule has 0 saturated heterocycles. The third kappa shape index (κ3) is 3.42. The first kappa shape index (κ1) is 19.2. The number of amides is 1. The average molecular weight is 412 g/mol. The average Bonchev–Trinajstić information content (AvgIpc) is 3.09. The molecule has 5 nitrogen and oxygen atoms in total. The van der Waals surface area contributed by atoms with Crippen molar-refractivity contribution in [2.75, 3.05) is 19.5 Å². The van der Waals surface area contributed by atoms with Crippen LogP contribution in [0.2, 0.25) is 0 Å². The van der Waals surface area contributed by atoms with Gasteiger partial charge in [0.25, 0.3) is 0 Å². The van der Waals surface area contributed by atoms with Gasteiger partial charge in [0.15, 0.2) is 11.5 Å². The number of nitrogens with one attached hydrogen (secondary N) is 1. The van der Waals surface area contributed by atoms with E-state index < -0.39 is 0 Å². The number of anilines is 1. The maximum absolute atomic E-state index is 12.8. The van der Waals surface area contributed by atoms with Crippen LogP contribution >= 0.6 is 0 Å². The molecule has 4 aromatic rings. The number of ether oxygens (including phenoxy) is 2. The first-order valence-corrected chi connectivity index (χ1v) is 10.4. The quantitative estimate of drug-likeness (QED) is 0.491. The highest BCUT2D eigenvalue weighted by Crippen LogP contribution is 2.42. The molecule has 1 amide bonds. The lowest BCUT2D eigenvalue weighted by Gasteiger charge is -2.17. The summed E-state index contributed by atoms with van der Waals surface area (Å²) in [6, 6.07) is 22.4. The number of carbonyl (C=O) groups is 1. The van der Waals surface area contributed by atoms with E-state index in [9.17, 15) is 4.79 Å². The fourth-order valence-electron chi connectivity index (χ4n) is 4.53. The molecule has 1 atom stereocenters. The van der Waals surface area contributed by atoms with E-state index in [0.29, 0.717) is 17.9 Å². The van der Waals surface area contributed by atoms with Crippen molar-refractivity contribution < 1.29 is 14.3 Å². The van der Waals surface area contributed by atoms with Gasteiger partial charge in [0.05, 0.1) is 25.4 Å². The van der Waals surface area contributed by atoms with Crippen LogP contribution in [0.4, 0.5) is 5.69 Å². The van der Waals surface area contributed by atoms with Crippen molar-refractivity contribution in [2.45, 2.75) is 18.9 Å². The minimum absolute atomic E-state index is 0.0121. The Hall–Kier alpha value is -3.73. The zero-order valence-corrected chi connectivity index (χ0v) is 17.6. The van der Waals surface area contributed by atoms with E-state index in [1.54, 1.807) is 14.2 Å². The van der Waals surface area contributed by atoms with Crippen molar-refractivity contribution in [3.63, 3.8) is 0 Å². The second-order valence-corrected chi connectivity index (χ2v) is 7.82. The third-order valence-corrected chi connectivity index (χ3v) is 5.98. The molecular formula is C26H24N2O3. The van der Waals surface area contributed by atoms with E-state index >= 15 is 0 Å². The summed E-state index contributed by atoms with van der Waals surface area (Å²) in [7, 11) is 3.26. The maximum Gasteiger partial charge on any atom is 0.225 e. The smallest absolute Gasteiger partial charge is 0.225 e. The minimum atomic E-state index is -0.0806. The molecule has 1 N–H and O–H groups in total. The third-order valence-electron chi connectivity index (χ3n) is 5.98. The van der Waals surface area contributed by atoms with E-state index in [0.717, 1.165) is 34.3 Å². The van der Waals surface area contributed by atoms with Gasteiger partial charge in [-0.2, -0.15) is 0 Å². The standard InChI is InChI=1S/C26H24N2O3/c1-30-23-12-11-18(13-24(23)31-2)19-14-25(29)27-21-9-6-10-22-26(21)20(19)16-28(22)15-17-7-4-3-5-8-17/h3-13,16,19H,14-15H2,1-2H3,(H,27,29). The topological polar surface area (TPSA) is 52.5 Å². The number of rotatable bonds is 5. The summed E-state index contributed by atoms with van der Waals surface area (Å²) in [4.78, 5) is 12.8. The largest absolute Gasteiger partial charge is 0.493 e. The number of methoxy groups -OCH3 is 2. The molecule has 5 heteroatoms. The molecule has 0 fully saturated rings. The summed E-state index contributed by atoms with van der Waals surface area (Å²) in [5, 5.41) is 4.21. The monoisotopic (exact) mass is 412 g/mol. The normalized spacial score (nSPS) is 15.4. The van der Waals surface area contributed by atoms with Gasteiger partial charge in [0.2, 0.25) is 5.91 Å². The van der Waals surface area contributed by atoms with Gasteiger partial charge in [-0.05, 0) is 41.0 Å². The lowest BCUT2D eigenvalue weighted by Crippen LogP contribution is -2.14. The molecule has 1 unspecified atom stereocenters. The SMILES string of the molecule is COc1ccc(C2CC(=O)Nc3cccc4c3c2cn4Cc2ccccc2)cc1OC. The lowest BCUT2D eigenvalue weighted by molar-refractivity contribution is -0.116. The highest BCUT2D eigenvalue weighted by Gasteiger charge is 2.28. The van der Waals surface area contributed by atoms with Crippen molar-refractivity contribution in [2.24, 2.45) is 0 Å². The fraction of sp³-hybridized carbons (Fsp3) is 0.192. The molecule has 5 rings (SSSR count). The second-order valence-electron chi connectivity index (χ2n) is 7.82. The Morgan fingerprint density at radius 1 is 0.968 bits per heavy atom. The predicted octanol–water partition coefficient (Wildman–Crippen LogP) is 5.18. The molecule has 0 bridgehead atoms. The van der Waals surface area contributed by atoms with Crippen molar-refractivity contribution >= 4 is 22.5 Å². The maximum atomic E-state index is 12.8. The molecule has 2 heterocycles. The molecule has 3 aromatic carbocycles. The van der Waals surface area contributed by atoms with E-state index in [1.165, 1.54) is 5.56 Å². The number of carbonyl (C=O) groups excluding carboxylic acids is 1. The van der Waals surface area contributed by atoms with Crippen LogP contribution in [-0.2, 0) is 11.3 Å². The van der Waals surface area contributed by atoms with Crippen LogP contribution in [0.25, 0.3) is 10.9 Å². The van der Waals surface area contributed by atoms with Gasteiger partial charge in [-0.25, -0.2) is 0 Å². The molecule has 0 saturated carbocycles. The van der Waals surface area contributed by atoms with Crippen LogP contribution in [-0.4, -0.2) is 24.7 Å².